The normalized spacial score (nSPS) is 10.5. The Labute approximate surface area is 192 Å². The summed E-state index contributed by atoms with van der Waals surface area (Å²) in [5, 5.41) is 0. The Morgan fingerprint density at radius 3 is 2.27 bits per heavy atom. The summed E-state index contributed by atoms with van der Waals surface area (Å²) in [5.74, 6) is 0.543. The summed E-state index contributed by atoms with van der Waals surface area (Å²) in [7, 11) is 1.58. The number of hydrogen-bond acceptors (Lipinski definition) is 4. The molecule has 0 N–H and O–H groups in total. The van der Waals surface area contributed by atoms with Crippen LogP contribution in [0.3, 0.4) is 0 Å². The van der Waals surface area contributed by atoms with Gasteiger partial charge in [0.15, 0.2) is 0 Å². The average molecular weight is 451 g/mol. The molecule has 0 atom stereocenters. The molecule has 1 aromatic heterocycles. The second-order valence-electron chi connectivity index (χ2n) is 7.54. The average Bonchev–Trinajstić information content (AvgIpc) is 3.33. The quantitative estimate of drug-likeness (QED) is 0.411. The summed E-state index contributed by atoms with van der Waals surface area (Å²) in [6.45, 7) is 4.34. The summed E-state index contributed by atoms with van der Waals surface area (Å²) in [6.07, 6.45) is 3.29. The summed E-state index contributed by atoms with van der Waals surface area (Å²) in [4.78, 5) is 29.2. The fraction of sp³-hybridized carbons (Fsp3) is 0.231. The first-order valence-corrected chi connectivity index (χ1v) is 10.5. The highest BCUT2D eigenvalue weighted by molar-refractivity contribution is 5.86. The largest absolute Gasteiger partial charge is 0.497 e. The van der Waals surface area contributed by atoms with Crippen LogP contribution >= 0.6 is 0 Å². The topological polar surface area (TPSA) is 63.0 Å². The first-order chi connectivity index (χ1) is 16.0. The molecule has 0 saturated carbocycles. The lowest BCUT2D eigenvalue weighted by Crippen LogP contribution is -2.43. The van der Waals surface area contributed by atoms with E-state index in [9.17, 15) is 14.0 Å². The van der Waals surface area contributed by atoms with Gasteiger partial charge in [-0.15, -0.1) is 6.58 Å². The van der Waals surface area contributed by atoms with Gasteiger partial charge < -0.3 is 19.0 Å². The van der Waals surface area contributed by atoms with Crippen LogP contribution in [0.25, 0.3) is 0 Å². The molecule has 3 rings (SSSR count). The Bertz CT molecular complexity index is 1050. The maximum atomic E-state index is 13.3. The first-order valence-electron chi connectivity index (χ1n) is 10.5. The van der Waals surface area contributed by atoms with Gasteiger partial charge in [-0.2, -0.15) is 0 Å². The van der Waals surface area contributed by atoms with E-state index in [2.05, 4.69) is 6.58 Å². The van der Waals surface area contributed by atoms with Crippen LogP contribution in [-0.4, -0.2) is 41.8 Å². The van der Waals surface area contributed by atoms with Gasteiger partial charge in [-0.25, -0.2) is 4.39 Å². The number of amides is 2. The molecule has 0 fully saturated rings. The van der Waals surface area contributed by atoms with E-state index in [1.807, 2.05) is 12.1 Å². The van der Waals surface area contributed by atoms with Gasteiger partial charge >= 0.3 is 0 Å². The van der Waals surface area contributed by atoms with Crippen LogP contribution in [0.2, 0.25) is 0 Å². The molecule has 0 radical (unpaired) electrons. The molecular formula is C26H27FN2O4. The lowest BCUT2D eigenvalue weighted by atomic mass is 10.1. The third-order valence-electron chi connectivity index (χ3n) is 5.11. The van der Waals surface area contributed by atoms with Crippen molar-refractivity contribution in [3.8, 4) is 5.75 Å². The van der Waals surface area contributed by atoms with Crippen LogP contribution in [0.15, 0.2) is 84.0 Å². The fourth-order valence-corrected chi connectivity index (χ4v) is 3.34. The van der Waals surface area contributed by atoms with Gasteiger partial charge in [-0.3, -0.25) is 9.59 Å². The number of hydrogen-bond donors (Lipinski definition) is 0. The molecule has 0 aliphatic rings. The highest BCUT2D eigenvalue weighted by atomic mass is 19.1. The molecule has 0 saturated heterocycles. The zero-order chi connectivity index (χ0) is 23.6. The third kappa shape index (κ3) is 7.07. The molecule has 0 aliphatic heterocycles. The number of carbonyl (C=O) groups is 2. The summed E-state index contributed by atoms with van der Waals surface area (Å²) in [6, 6.07) is 16.7. The van der Waals surface area contributed by atoms with Crippen molar-refractivity contribution in [3.05, 3.63) is 102 Å². The van der Waals surface area contributed by atoms with Crippen LogP contribution in [0.4, 0.5) is 4.39 Å². The predicted molar refractivity (Wildman–Crippen MR) is 123 cm³/mol. The maximum Gasteiger partial charge on any atom is 0.242 e. The Balaban J connectivity index is 1.72. The monoisotopic (exact) mass is 450 g/mol. The summed E-state index contributed by atoms with van der Waals surface area (Å²) < 4.78 is 23.9. The number of ether oxygens (including phenoxy) is 1. The van der Waals surface area contributed by atoms with Crippen LogP contribution < -0.4 is 4.74 Å². The van der Waals surface area contributed by atoms with E-state index in [1.54, 1.807) is 54.5 Å². The number of furan rings is 1. The SMILES string of the molecule is C=CCN(CC(=O)N(Cc1ccc(F)cc1)Cc1ccco1)C(=O)Cc1ccc(OC)cc1. The van der Waals surface area contributed by atoms with E-state index < -0.39 is 0 Å². The van der Waals surface area contributed by atoms with Gasteiger partial charge in [0.05, 0.1) is 26.3 Å². The van der Waals surface area contributed by atoms with Crippen molar-refractivity contribution in [1.82, 2.24) is 9.80 Å². The van der Waals surface area contributed by atoms with Crippen LogP contribution in [0.1, 0.15) is 16.9 Å². The van der Waals surface area contributed by atoms with Crippen molar-refractivity contribution in [2.75, 3.05) is 20.2 Å². The van der Waals surface area contributed by atoms with Crippen molar-refractivity contribution in [3.63, 3.8) is 0 Å². The van der Waals surface area contributed by atoms with Crippen LogP contribution in [0, 0.1) is 5.82 Å². The molecule has 0 bridgehead atoms. The summed E-state index contributed by atoms with van der Waals surface area (Å²) in [5.41, 5.74) is 1.59. The number of methoxy groups -OCH3 is 1. The molecule has 0 unspecified atom stereocenters. The van der Waals surface area contributed by atoms with Crippen LogP contribution in [-0.2, 0) is 29.1 Å². The Kier molecular flexibility index (Phi) is 8.41. The highest BCUT2D eigenvalue weighted by Gasteiger charge is 2.22. The minimum Gasteiger partial charge on any atom is -0.497 e. The van der Waals surface area contributed by atoms with Crippen molar-refractivity contribution in [2.45, 2.75) is 19.5 Å². The molecule has 2 amide bonds. The minimum atomic E-state index is -0.344. The number of rotatable bonds is 11. The zero-order valence-electron chi connectivity index (χ0n) is 18.6. The van der Waals surface area contributed by atoms with Crippen molar-refractivity contribution in [2.24, 2.45) is 0 Å². The van der Waals surface area contributed by atoms with E-state index in [0.29, 0.717) is 11.5 Å². The van der Waals surface area contributed by atoms with E-state index >= 15 is 0 Å². The van der Waals surface area contributed by atoms with Gasteiger partial charge in [0.25, 0.3) is 0 Å². The molecule has 2 aromatic carbocycles. The maximum absolute atomic E-state index is 13.3. The molecule has 0 spiro atoms. The standard InChI is InChI=1S/C26H27FN2O4/c1-3-14-28(25(30)16-20-8-12-23(32-2)13-9-20)19-26(31)29(18-24-5-4-15-33-24)17-21-6-10-22(27)11-7-21/h3-13,15H,1,14,16-19H2,2H3. The molecule has 3 aromatic rings. The molecule has 172 valence electrons. The van der Waals surface area contributed by atoms with Crippen LogP contribution in [0.5, 0.6) is 5.75 Å². The van der Waals surface area contributed by atoms with Crippen molar-refractivity contribution in [1.29, 1.82) is 0 Å². The molecule has 7 heteroatoms. The number of nitrogens with zero attached hydrogens (tertiary/aromatic N) is 2. The molecule has 6 nitrogen and oxygen atoms in total. The Hall–Kier alpha value is -3.87. The van der Waals surface area contributed by atoms with Gasteiger partial charge in [-0.1, -0.05) is 30.3 Å². The van der Waals surface area contributed by atoms with Gasteiger partial charge in [-0.05, 0) is 47.5 Å². The van der Waals surface area contributed by atoms with Crippen molar-refractivity contribution >= 4 is 11.8 Å². The number of benzene rings is 2. The van der Waals surface area contributed by atoms with Gasteiger partial charge in [0.2, 0.25) is 11.8 Å². The van der Waals surface area contributed by atoms with E-state index in [4.69, 9.17) is 9.15 Å². The smallest absolute Gasteiger partial charge is 0.242 e. The Morgan fingerprint density at radius 1 is 0.970 bits per heavy atom. The lowest BCUT2D eigenvalue weighted by Gasteiger charge is -2.27. The second kappa shape index (κ2) is 11.7. The Morgan fingerprint density at radius 2 is 1.67 bits per heavy atom. The zero-order valence-corrected chi connectivity index (χ0v) is 18.6. The molecule has 1 heterocycles. The summed E-state index contributed by atoms with van der Waals surface area (Å²) >= 11 is 0. The third-order valence-corrected chi connectivity index (χ3v) is 5.11. The van der Waals surface area contributed by atoms with Gasteiger partial charge in [0, 0.05) is 13.1 Å². The van der Waals surface area contributed by atoms with Gasteiger partial charge in [0.1, 0.15) is 23.9 Å². The molecule has 0 aliphatic carbocycles. The van der Waals surface area contributed by atoms with E-state index in [1.165, 1.54) is 23.3 Å². The lowest BCUT2D eigenvalue weighted by molar-refractivity contribution is -0.140. The van der Waals surface area contributed by atoms with Crippen molar-refractivity contribution < 1.29 is 23.1 Å². The number of carbonyl (C=O) groups excluding carboxylic acids is 2. The minimum absolute atomic E-state index is 0.108. The highest BCUT2D eigenvalue weighted by Crippen LogP contribution is 2.15. The second-order valence-corrected chi connectivity index (χ2v) is 7.54. The number of halogens is 1. The van der Waals surface area contributed by atoms with E-state index in [-0.39, 0.29) is 50.2 Å². The predicted octanol–water partition coefficient (Wildman–Crippen LogP) is 4.21. The van der Waals surface area contributed by atoms with E-state index in [0.717, 1.165) is 11.1 Å². The molecular weight excluding hydrogens is 423 g/mol. The molecule has 33 heavy (non-hydrogen) atoms. The first kappa shape index (κ1) is 23.8. The fourth-order valence-electron chi connectivity index (χ4n) is 3.34.